The average Bonchev–Trinajstić information content (AvgIpc) is 2.87. The molecular formula is C8H9BrN2O. The Hall–Kier alpha value is -0.480. The number of aliphatic hydroxyl groups excluding tert-OH is 1. The summed E-state index contributed by atoms with van der Waals surface area (Å²) in [7, 11) is 0. The second-order valence-corrected chi connectivity index (χ2v) is 3.96. The van der Waals surface area contributed by atoms with Crippen LogP contribution in [0.25, 0.3) is 0 Å². The van der Waals surface area contributed by atoms with Crippen molar-refractivity contribution in [2.45, 2.75) is 18.9 Å². The fourth-order valence-electron chi connectivity index (χ4n) is 1.10. The van der Waals surface area contributed by atoms with Crippen LogP contribution in [0.2, 0.25) is 0 Å². The summed E-state index contributed by atoms with van der Waals surface area (Å²) in [4.78, 5) is 8.06. The van der Waals surface area contributed by atoms with Gasteiger partial charge >= 0.3 is 0 Å². The predicted molar refractivity (Wildman–Crippen MR) is 47.4 cm³/mol. The van der Waals surface area contributed by atoms with Gasteiger partial charge in [-0.3, -0.25) is 0 Å². The lowest BCUT2D eigenvalue weighted by molar-refractivity contribution is 0.144. The van der Waals surface area contributed by atoms with Crippen LogP contribution in [0.5, 0.6) is 0 Å². The van der Waals surface area contributed by atoms with Crippen molar-refractivity contribution < 1.29 is 5.11 Å². The molecule has 1 saturated carbocycles. The molecule has 0 aliphatic heterocycles. The van der Waals surface area contributed by atoms with Crippen LogP contribution in [0.1, 0.15) is 24.8 Å². The fraction of sp³-hybridized carbons (Fsp3) is 0.500. The normalized spacial score (nSPS) is 19.2. The first-order valence-electron chi connectivity index (χ1n) is 3.93. The highest BCUT2D eigenvalue weighted by Gasteiger charge is 2.32. The van der Waals surface area contributed by atoms with E-state index in [1.807, 2.05) is 0 Å². The molecule has 1 unspecified atom stereocenters. The minimum atomic E-state index is -0.460. The highest BCUT2D eigenvalue weighted by Crippen LogP contribution is 2.39. The molecular weight excluding hydrogens is 220 g/mol. The summed E-state index contributed by atoms with van der Waals surface area (Å²) in [6.07, 6.45) is 5.06. The maximum Gasteiger partial charge on any atom is 0.157 e. The van der Waals surface area contributed by atoms with Gasteiger partial charge in [0.1, 0.15) is 6.10 Å². The van der Waals surface area contributed by atoms with E-state index in [0.717, 1.165) is 17.3 Å². The highest BCUT2D eigenvalue weighted by atomic mass is 79.9. The summed E-state index contributed by atoms with van der Waals surface area (Å²) in [5.41, 5.74) is 0. The first-order chi connectivity index (χ1) is 5.77. The monoisotopic (exact) mass is 228 g/mol. The van der Waals surface area contributed by atoms with Crippen LogP contribution in [0.4, 0.5) is 0 Å². The molecule has 0 aromatic carbocycles. The Morgan fingerprint density at radius 1 is 1.42 bits per heavy atom. The van der Waals surface area contributed by atoms with Gasteiger partial charge in [0.2, 0.25) is 0 Å². The summed E-state index contributed by atoms with van der Waals surface area (Å²) >= 11 is 3.24. The van der Waals surface area contributed by atoms with E-state index in [4.69, 9.17) is 0 Å². The van der Waals surface area contributed by atoms with Crippen LogP contribution in [-0.2, 0) is 0 Å². The molecule has 1 aromatic rings. The molecule has 0 saturated heterocycles. The predicted octanol–water partition coefficient (Wildman–Crippen LogP) is 1.68. The van der Waals surface area contributed by atoms with E-state index < -0.39 is 6.10 Å². The molecule has 0 radical (unpaired) electrons. The third-order valence-electron chi connectivity index (χ3n) is 1.97. The maximum absolute atomic E-state index is 9.61. The minimum absolute atomic E-state index is 0.395. The van der Waals surface area contributed by atoms with E-state index >= 15 is 0 Å². The Morgan fingerprint density at radius 2 is 2.00 bits per heavy atom. The van der Waals surface area contributed by atoms with Gasteiger partial charge in [0.15, 0.2) is 5.82 Å². The smallest absolute Gasteiger partial charge is 0.157 e. The third-order valence-corrected chi connectivity index (χ3v) is 2.38. The van der Waals surface area contributed by atoms with Crippen LogP contribution >= 0.6 is 15.9 Å². The van der Waals surface area contributed by atoms with E-state index in [1.165, 1.54) is 0 Å². The van der Waals surface area contributed by atoms with Crippen LogP contribution in [0.15, 0.2) is 16.9 Å². The number of nitrogens with zero attached hydrogens (tertiary/aromatic N) is 2. The SMILES string of the molecule is OC(c1ncc(Br)cn1)C1CC1. The van der Waals surface area contributed by atoms with Gasteiger partial charge in [0.25, 0.3) is 0 Å². The summed E-state index contributed by atoms with van der Waals surface area (Å²) in [6.45, 7) is 0. The lowest BCUT2D eigenvalue weighted by Gasteiger charge is -2.05. The van der Waals surface area contributed by atoms with Gasteiger partial charge in [0.05, 0.1) is 4.47 Å². The number of hydrogen-bond acceptors (Lipinski definition) is 3. The zero-order valence-corrected chi connectivity index (χ0v) is 8.03. The van der Waals surface area contributed by atoms with Gasteiger partial charge in [-0.05, 0) is 34.7 Å². The van der Waals surface area contributed by atoms with Crippen molar-refractivity contribution in [3.63, 3.8) is 0 Å². The van der Waals surface area contributed by atoms with Crippen LogP contribution in [-0.4, -0.2) is 15.1 Å². The molecule has 4 heteroatoms. The average molecular weight is 229 g/mol. The number of aromatic nitrogens is 2. The first-order valence-corrected chi connectivity index (χ1v) is 4.72. The molecule has 1 aliphatic carbocycles. The molecule has 1 heterocycles. The Kier molecular flexibility index (Phi) is 2.11. The Morgan fingerprint density at radius 3 is 2.50 bits per heavy atom. The Balaban J connectivity index is 2.16. The van der Waals surface area contributed by atoms with Crippen molar-refractivity contribution in [2.24, 2.45) is 5.92 Å². The van der Waals surface area contributed by atoms with Crippen molar-refractivity contribution in [1.29, 1.82) is 0 Å². The summed E-state index contributed by atoms with van der Waals surface area (Å²) < 4.78 is 0.842. The molecule has 1 aliphatic rings. The number of hydrogen-bond donors (Lipinski definition) is 1. The second kappa shape index (κ2) is 3.11. The second-order valence-electron chi connectivity index (χ2n) is 3.04. The van der Waals surface area contributed by atoms with E-state index in [0.29, 0.717) is 11.7 Å². The largest absolute Gasteiger partial charge is 0.385 e. The summed E-state index contributed by atoms with van der Waals surface area (Å²) in [5.74, 6) is 0.937. The van der Waals surface area contributed by atoms with Gasteiger partial charge in [-0.1, -0.05) is 0 Å². The minimum Gasteiger partial charge on any atom is -0.385 e. The zero-order valence-electron chi connectivity index (χ0n) is 6.44. The standard InChI is InChI=1S/C8H9BrN2O/c9-6-3-10-8(11-4-6)7(12)5-1-2-5/h3-5,7,12H,1-2H2. The Labute approximate surface area is 79.0 Å². The molecule has 2 rings (SSSR count). The number of rotatable bonds is 2. The van der Waals surface area contributed by atoms with Gasteiger partial charge in [-0.25, -0.2) is 9.97 Å². The van der Waals surface area contributed by atoms with Gasteiger partial charge in [-0.2, -0.15) is 0 Å². The van der Waals surface area contributed by atoms with Crippen LogP contribution < -0.4 is 0 Å². The summed E-state index contributed by atoms with van der Waals surface area (Å²) in [5, 5.41) is 9.61. The summed E-state index contributed by atoms with van der Waals surface area (Å²) in [6, 6.07) is 0. The van der Waals surface area contributed by atoms with Gasteiger partial charge in [-0.15, -0.1) is 0 Å². The van der Waals surface area contributed by atoms with Crippen molar-refractivity contribution in [1.82, 2.24) is 9.97 Å². The molecule has 1 N–H and O–H groups in total. The first kappa shape index (κ1) is 8.13. The molecule has 1 aromatic heterocycles. The van der Waals surface area contributed by atoms with E-state index in [-0.39, 0.29) is 0 Å². The quantitative estimate of drug-likeness (QED) is 0.839. The van der Waals surface area contributed by atoms with Crippen LogP contribution in [0, 0.1) is 5.92 Å². The third kappa shape index (κ3) is 1.64. The molecule has 0 amide bonds. The zero-order chi connectivity index (χ0) is 8.55. The molecule has 0 bridgehead atoms. The highest BCUT2D eigenvalue weighted by molar-refractivity contribution is 9.10. The molecule has 0 spiro atoms. The molecule has 1 atom stereocenters. The lowest BCUT2D eigenvalue weighted by atomic mass is 10.2. The molecule has 3 nitrogen and oxygen atoms in total. The van der Waals surface area contributed by atoms with Gasteiger partial charge in [0, 0.05) is 12.4 Å². The molecule has 12 heavy (non-hydrogen) atoms. The van der Waals surface area contributed by atoms with Crippen molar-refractivity contribution in [3.8, 4) is 0 Å². The Bertz CT molecular complexity index is 271. The number of aliphatic hydroxyl groups is 1. The van der Waals surface area contributed by atoms with E-state index in [9.17, 15) is 5.11 Å². The fourth-order valence-corrected chi connectivity index (χ4v) is 1.30. The number of halogens is 1. The topological polar surface area (TPSA) is 46.0 Å². The van der Waals surface area contributed by atoms with Crippen molar-refractivity contribution in [3.05, 3.63) is 22.7 Å². The maximum atomic E-state index is 9.61. The lowest BCUT2D eigenvalue weighted by Crippen LogP contribution is -2.04. The van der Waals surface area contributed by atoms with Crippen LogP contribution in [0.3, 0.4) is 0 Å². The van der Waals surface area contributed by atoms with Gasteiger partial charge < -0.3 is 5.11 Å². The van der Waals surface area contributed by atoms with E-state index in [1.54, 1.807) is 12.4 Å². The molecule has 1 fully saturated rings. The van der Waals surface area contributed by atoms with Crippen molar-refractivity contribution in [2.75, 3.05) is 0 Å². The van der Waals surface area contributed by atoms with E-state index in [2.05, 4.69) is 25.9 Å². The van der Waals surface area contributed by atoms with Crippen molar-refractivity contribution >= 4 is 15.9 Å². The molecule has 64 valence electrons.